The van der Waals surface area contributed by atoms with Crippen LogP contribution < -0.4 is 11.1 Å². The minimum Gasteiger partial charge on any atom is -0.383 e. The topological polar surface area (TPSA) is 63.8 Å². The summed E-state index contributed by atoms with van der Waals surface area (Å²) in [4.78, 5) is 9.05. The van der Waals surface area contributed by atoms with E-state index in [0.29, 0.717) is 11.7 Å². The van der Waals surface area contributed by atoms with Crippen molar-refractivity contribution in [3.63, 3.8) is 0 Å². The zero-order chi connectivity index (χ0) is 14.3. The second-order valence-corrected chi connectivity index (χ2v) is 5.66. The standard InChI is InChI=1S/C16H20N4/c1-9-4-7-13(10(2)8-9)18-15-11(3)14(17)19-16(20-15)12-5-6-12/h4,7-8,12H,5-6H2,1-3H3,(H3,17,18,19,20). The van der Waals surface area contributed by atoms with E-state index in [1.54, 1.807) is 0 Å². The molecule has 0 radical (unpaired) electrons. The number of rotatable bonds is 3. The van der Waals surface area contributed by atoms with Gasteiger partial charge in [0.1, 0.15) is 17.5 Å². The van der Waals surface area contributed by atoms with Crippen molar-refractivity contribution >= 4 is 17.3 Å². The maximum absolute atomic E-state index is 6.01. The summed E-state index contributed by atoms with van der Waals surface area (Å²) in [6.07, 6.45) is 2.34. The van der Waals surface area contributed by atoms with Crippen LogP contribution in [0.3, 0.4) is 0 Å². The lowest BCUT2D eigenvalue weighted by atomic mass is 10.1. The Hall–Kier alpha value is -2.10. The summed E-state index contributed by atoms with van der Waals surface area (Å²) in [7, 11) is 0. The van der Waals surface area contributed by atoms with E-state index in [1.165, 1.54) is 24.0 Å². The Labute approximate surface area is 119 Å². The summed E-state index contributed by atoms with van der Waals surface area (Å²) >= 11 is 0. The molecule has 1 aliphatic carbocycles. The molecule has 4 heteroatoms. The van der Waals surface area contributed by atoms with Gasteiger partial charge in [0.2, 0.25) is 0 Å². The van der Waals surface area contributed by atoms with Gasteiger partial charge in [-0.1, -0.05) is 17.7 Å². The summed E-state index contributed by atoms with van der Waals surface area (Å²) in [6, 6.07) is 6.33. The normalized spacial score (nSPS) is 14.3. The van der Waals surface area contributed by atoms with Crippen molar-refractivity contribution in [2.45, 2.75) is 39.5 Å². The third-order valence-corrected chi connectivity index (χ3v) is 3.78. The van der Waals surface area contributed by atoms with Crippen molar-refractivity contribution in [1.29, 1.82) is 0 Å². The van der Waals surface area contributed by atoms with Crippen molar-refractivity contribution in [2.24, 2.45) is 0 Å². The molecule has 3 N–H and O–H groups in total. The van der Waals surface area contributed by atoms with Gasteiger partial charge in [0, 0.05) is 17.2 Å². The lowest BCUT2D eigenvalue weighted by Gasteiger charge is -2.14. The highest BCUT2D eigenvalue weighted by Crippen LogP contribution is 2.39. The SMILES string of the molecule is Cc1ccc(Nc2nc(C3CC3)nc(N)c2C)c(C)c1. The van der Waals surface area contributed by atoms with E-state index in [1.807, 2.05) is 6.92 Å². The zero-order valence-electron chi connectivity index (χ0n) is 12.2. The average molecular weight is 268 g/mol. The van der Waals surface area contributed by atoms with Crippen molar-refractivity contribution in [2.75, 3.05) is 11.1 Å². The van der Waals surface area contributed by atoms with Gasteiger partial charge in [-0.15, -0.1) is 0 Å². The van der Waals surface area contributed by atoms with Crippen LogP contribution in [0.15, 0.2) is 18.2 Å². The molecular weight excluding hydrogens is 248 g/mol. The van der Waals surface area contributed by atoms with E-state index in [9.17, 15) is 0 Å². The summed E-state index contributed by atoms with van der Waals surface area (Å²) in [6.45, 7) is 6.14. The number of hydrogen-bond acceptors (Lipinski definition) is 4. The van der Waals surface area contributed by atoms with Crippen molar-refractivity contribution < 1.29 is 0 Å². The average Bonchev–Trinajstić information content (AvgIpc) is 3.22. The smallest absolute Gasteiger partial charge is 0.139 e. The molecule has 0 atom stereocenters. The van der Waals surface area contributed by atoms with E-state index in [2.05, 4.69) is 47.3 Å². The molecule has 1 aromatic carbocycles. The Morgan fingerprint density at radius 3 is 2.55 bits per heavy atom. The number of nitrogen functional groups attached to an aromatic ring is 1. The van der Waals surface area contributed by atoms with Gasteiger partial charge < -0.3 is 11.1 Å². The molecule has 0 aliphatic heterocycles. The molecule has 0 spiro atoms. The monoisotopic (exact) mass is 268 g/mol. The third-order valence-electron chi connectivity index (χ3n) is 3.78. The van der Waals surface area contributed by atoms with Gasteiger partial charge >= 0.3 is 0 Å². The first kappa shape index (κ1) is 12.9. The van der Waals surface area contributed by atoms with E-state index in [-0.39, 0.29) is 0 Å². The predicted molar refractivity (Wildman–Crippen MR) is 82.4 cm³/mol. The second-order valence-electron chi connectivity index (χ2n) is 5.66. The number of anilines is 3. The van der Waals surface area contributed by atoms with Crippen LogP contribution in [0.2, 0.25) is 0 Å². The van der Waals surface area contributed by atoms with Crippen LogP contribution in [-0.2, 0) is 0 Å². The van der Waals surface area contributed by atoms with Crippen LogP contribution in [0.25, 0.3) is 0 Å². The van der Waals surface area contributed by atoms with Gasteiger partial charge in [-0.05, 0) is 45.2 Å². The molecule has 4 nitrogen and oxygen atoms in total. The highest BCUT2D eigenvalue weighted by molar-refractivity contribution is 5.66. The summed E-state index contributed by atoms with van der Waals surface area (Å²) in [5.41, 5.74) is 10.4. The number of nitrogens with two attached hydrogens (primary N) is 1. The predicted octanol–water partition coefficient (Wildman–Crippen LogP) is 3.61. The van der Waals surface area contributed by atoms with Gasteiger partial charge in [-0.3, -0.25) is 0 Å². The summed E-state index contributed by atoms with van der Waals surface area (Å²) in [5.74, 6) is 2.78. The molecule has 2 aromatic rings. The number of benzene rings is 1. The van der Waals surface area contributed by atoms with Gasteiger partial charge in [0.05, 0.1) is 0 Å². The molecule has 0 bridgehead atoms. The largest absolute Gasteiger partial charge is 0.383 e. The van der Waals surface area contributed by atoms with Gasteiger partial charge in [-0.2, -0.15) is 0 Å². The molecule has 0 saturated heterocycles. The fraction of sp³-hybridized carbons (Fsp3) is 0.375. The molecule has 20 heavy (non-hydrogen) atoms. The molecule has 0 unspecified atom stereocenters. The van der Waals surface area contributed by atoms with Crippen LogP contribution in [-0.4, -0.2) is 9.97 Å². The molecular formula is C16H20N4. The van der Waals surface area contributed by atoms with Crippen molar-refractivity contribution in [1.82, 2.24) is 9.97 Å². The summed E-state index contributed by atoms with van der Waals surface area (Å²) in [5, 5.41) is 3.40. The van der Waals surface area contributed by atoms with E-state index >= 15 is 0 Å². The fourth-order valence-corrected chi connectivity index (χ4v) is 2.28. The number of aromatic nitrogens is 2. The molecule has 3 rings (SSSR count). The first-order chi connectivity index (χ1) is 9.54. The Morgan fingerprint density at radius 2 is 1.90 bits per heavy atom. The molecule has 1 saturated carbocycles. The van der Waals surface area contributed by atoms with E-state index < -0.39 is 0 Å². The van der Waals surface area contributed by atoms with Gasteiger partial charge in [0.15, 0.2) is 0 Å². The molecule has 104 valence electrons. The molecule has 1 aliphatic rings. The van der Waals surface area contributed by atoms with Crippen LogP contribution in [0, 0.1) is 20.8 Å². The minimum absolute atomic E-state index is 0.498. The number of aryl methyl sites for hydroxylation is 2. The Bertz CT molecular complexity index is 660. The van der Waals surface area contributed by atoms with Crippen LogP contribution in [0.4, 0.5) is 17.3 Å². The van der Waals surface area contributed by atoms with E-state index in [0.717, 1.165) is 22.9 Å². The Morgan fingerprint density at radius 1 is 1.15 bits per heavy atom. The summed E-state index contributed by atoms with van der Waals surface area (Å²) < 4.78 is 0. The van der Waals surface area contributed by atoms with Crippen LogP contribution >= 0.6 is 0 Å². The van der Waals surface area contributed by atoms with Crippen molar-refractivity contribution in [3.05, 3.63) is 40.7 Å². The molecule has 1 heterocycles. The second kappa shape index (κ2) is 4.78. The molecule has 0 amide bonds. The van der Waals surface area contributed by atoms with Gasteiger partial charge in [0.25, 0.3) is 0 Å². The van der Waals surface area contributed by atoms with E-state index in [4.69, 9.17) is 5.73 Å². The van der Waals surface area contributed by atoms with Gasteiger partial charge in [-0.25, -0.2) is 9.97 Å². The number of hydrogen-bond donors (Lipinski definition) is 2. The third kappa shape index (κ3) is 2.46. The highest BCUT2D eigenvalue weighted by Gasteiger charge is 2.27. The first-order valence-corrected chi connectivity index (χ1v) is 7.03. The lowest BCUT2D eigenvalue weighted by Crippen LogP contribution is -2.07. The van der Waals surface area contributed by atoms with Crippen LogP contribution in [0.1, 0.15) is 41.3 Å². The maximum atomic E-state index is 6.01. The van der Waals surface area contributed by atoms with Crippen LogP contribution in [0.5, 0.6) is 0 Å². The Kier molecular flexibility index (Phi) is 3.08. The number of nitrogens with zero attached hydrogens (tertiary/aromatic N) is 2. The zero-order valence-corrected chi connectivity index (χ0v) is 12.2. The number of nitrogens with one attached hydrogen (secondary N) is 1. The van der Waals surface area contributed by atoms with Crippen molar-refractivity contribution in [3.8, 4) is 0 Å². The Balaban J connectivity index is 1.97. The fourth-order valence-electron chi connectivity index (χ4n) is 2.28. The molecule has 1 fully saturated rings. The quantitative estimate of drug-likeness (QED) is 0.892. The lowest BCUT2D eigenvalue weighted by molar-refractivity contribution is 0.927. The first-order valence-electron chi connectivity index (χ1n) is 7.03. The highest BCUT2D eigenvalue weighted by atomic mass is 15.1. The maximum Gasteiger partial charge on any atom is 0.139 e. The molecule has 1 aromatic heterocycles. The minimum atomic E-state index is 0.498.